The molecule has 0 aromatic carbocycles. The van der Waals surface area contributed by atoms with Crippen LogP contribution in [0.1, 0.15) is 190 Å². The first-order chi connectivity index (χ1) is 47.7. The first-order valence-corrected chi connectivity index (χ1v) is 37.4. The second-order valence-corrected chi connectivity index (χ2v) is 31.6. The van der Waals surface area contributed by atoms with Gasteiger partial charge in [-0.2, -0.15) is 13.2 Å². The molecule has 2 heterocycles. The summed E-state index contributed by atoms with van der Waals surface area (Å²) in [6, 6.07) is -10.8. The molecule has 0 aromatic heterocycles. The maximum atomic E-state index is 15.6. The fraction of sp³-hybridized carbons (Fsp3) is 0.833. The van der Waals surface area contributed by atoms with Crippen LogP contribution in [0.4, 0.5) is 13.2 Å². The average molecular weight is 1470 g/mol. The molecule has 580 valence electrons. The molecule has 0 aromatic rings. The van der Waals surface area contributed by atoms with Crippen LogP contribution in [0.2, 0.25) is 0 Å². The van der Waals surface area contributed by atoms with Crippen molar-refractivity contribution in [3.8, 4) is 0 Å². The van der Waals surface area contributed by atoms with Crippen molar-refractivity contribution in [2.24, 2.45) is 35.5 Å². The molecular formula is C72H120ClF3N12O14. The van der Waals surface area contributed by atoms with Gasteiger partial charge in [-0.3, -0.25) is 57.5 Å². The third kappa shape index (κ3) is 25.8. The lowest BCUT2D eigenvalue weighted by Crippen LogP contribution is -2.61. The van der Waals surface area contributed by atoms with Crippen molar-refractivity contribution in [2.75, 3.05) is 95.3 Å². The number of rotatable bonds is 16. The molecule has 3 saturated carbocycles. The van der Waals surface area contributed by atoms with Crippen LogP contribution in [0.5, 0.6) is 0 Å². The maximum Gasteiger partial charge on any atom is 0.391 e. The quantitative estimate of drug-likeness (QED) is 0.129. The van der Waals surface area contributed by atoms with E-state index < -0.39 is 175 Å². The van der Waals surface area contributed by atoms with Gasteiger partial charge in [0.25, 0.3) is 0 Å². The van der Waals surface area contributed by atoms with Crippen molar-refractivity contribution in [2.45, 2.75) is 255 Å². The van der Waals surface area contributed by atoms with Crippen LogP contribution < -0.4 is 21.3 Å². The molecule has 5 rings (SSSR count). The van der Waals surface area contributed by atoms with Crippen LogP contribution >= 0.6 is 11.6 Å². The molecule has 0 spiro atoms. The minimum atomic E-state index is -4.39. The number of hydrogen-bond donors (Lipinski definition) is 5. The highest BCUT2D eigenvalue weighted by molar-refractivity contribution is 6.20. The van der Waals surface area contributed by atoms with Crippen LogP contribution in [0.15, 0.2) is 0 Å². The number of nitrogens with one attached hydrogen (secondary N) is 4. The molecule has 26 nitrogen and oxygen atoms in total. The minimum Gasteiger partial charge on any atom is -0.388 e. The van der Waals surface area contributed by atoms with Gasteiger partial charge in [0.05, 0.1) is 50.8 Å². The number of likely N-dealkylation sites (tertiary alicyclic amines) is 1. The summed E-state index contributed by atoms with van der Waals surface area (Å²) < 4.78 is 47.6. The zero-order chi connectivity index (χ0) is 76.2. The van der Waals surface area contributed by atoms with Gasteiger partial charge >= 0.3 is 6.18 Å². The highest BCUT2D eigenvalue weighted by Gasteiger charge is 2.45. The van der Waals surface area contributed by atoms with Crippen molar-refractivity contribution in [1.82, 2.24) is 60.5 Å². The Hall–Kier alpha value is -6.36. The fourth-order valence-corrected chi connectivity index (χ4v) is 14.8. The summed E-state index contributed by atoms with van der Waals surface area (Å²) in [5.74, 6) is -11.5. The van der Waals surface area contributed by atoms with Gasteiger partial charge in [0.15, 0.2) is 0 Å². The molecule has 5 aliphatic rings. The largest absolute Gasteiger partial charge is 0.391 e. The fourth-order valence-electron chi connectivity index (χ4n) is 14.6. The predicted molar refractivity (Wildman–Crippen MR) is 377 cm³/mol. The third-order valence-electron chi connectivity index (χ3n) is 21.7. The van der Waals surface area contributed by atoms with Gasteiger partial charge in [-0.05, 0) is 147 Å². The Labute approximate surface area is 607 Å². The van der Waals surface area contributed by atoms with Crippen molar-refractivity contribution in [1.29, 1.82) is 0 Å². The topological polar surface area (TPSA) is 308 Å². The van der Waals surface area contributed by atoms with Crippen LogP contribution in [-0.2, 0) is 62.3 Å². The molecular weight excluding hydrogens is 1350 g/mol. The standard InChI is InChI=1S/C72H120ClF3N12O14/c1-15-45(4)62-70(100)83(10)40-60(91)81(8)41-61(92)85(12)56(37-49-25-30-51(73)31-26-49)68(98)82(9)39-58(89)77-52(32-27-47-23-28-50(29-24-47)72(74,75)76)64(94)79-54(42-102-43-71(6,7)101)66(96)87(14)57(36-48-21-17-16-18-22-48)69(99)86(13)55(35-44(2)3)65(95)78-53(67(97)88-33-19-20-34-88)38-59(90)84(11)46(5)63(93)80-62/h44-57,62,101H,15-43H2,1-14H3,(H,77,89)(H,78,95)(H,79,94)(H,80,93)/t45-,46-,47?,49?,50?,51?,52-,53-,54-,55-,56-,57-,62-/m0/s1. The lowest BCUT2D eigenvalue weighted by Gasteiger charge is -2.38. The van der Waals surface area contributed by atoms with Gasteiger partial charge in [0.1, 0.15) is 48.3 Å². The van der Waals surface area contributed by atoms with Crippen LogP contribution in [0.3, 0.4) is 0 Å². The molecule has 2 saturated heterocycles. The number of amides is 12. The van der Waals surface area contributed by atoms with Gasteiger partial charge in [-0.25, -0.2) is 0 Å². The molecule has 3 aliphatic carbocycles. The van der Waals surface area contributed by atoms with Crippen molar-refractivity contribution in [3.05, 3.63) is 0 Å². The summed E-state index contributed by atoms with van der Waals surface area (Å²) in [7, 11) is 9.63. The van der Waals surface area contributed by atoms with E-state index >= 15 is 19.2 Å². The van der Waals surface area contributed by atoms with Crippen molar-refractivity contribution >= 4 is 82.5 Å². The second-order valence-electron chi connectivity index (χ2n) is 31.0. The van der Waals surface area contributed by atoms with Gasteiger partial charge in [0, 0.05) is 67.8 Å². The number of likely N-dealkylation sites (N-methyl/N-ethyl adjacent to an activating group) is 7. The van der Waals surface area contributed by atoms with E-state index in [-0.39, 0.29) is 93.4 Å². The Balaban J connectivity index is 1.63. The lowest BCUT2D eigenvalue weighted by atomic mass is 9.79. The Morgan fingerprint density at radius 3 is 1.69 bits per heavy atom. The monoisotopic (exact) mass is 1470 g/mol. The number of carbonyl (C=O) groups excluding carboxylic acids is 12. The molecule has 2 aliphatic heterocycles. The van der Waals surface area contributed by atoms with E-state index in [1.165, 1.54) is 89.7 Å². The first kappa shape index (κ1) is 86.3. The van der Waals surface area contributed by atoms with E-state index in [1.54, 1.807) is 13.8 Å². The number of ether oxygens (including phenoxy) is 1. The molecule has 0 radical (unpaired) electrons. The van der Waals surface area contributed by atoms with Crippen LogP contribution in [-0.4, -0.2) is 276 Å². The van der Waals surface area contributed by atoms with Gasteiger partial charge < -0.3 is 70.3 Å². The summed E-state index contributed by atoms with van der Waals surface area (Å²) in [5.41, 5.74) is -1.44. The number of carbonyl (C=O) groups is 12. The molecule has 0 bridgehead atoms. The summed E-state index contributed by atoms with van der Waals surface area (Å²) >= 11 is 6.50. The van der Waals surface area contributed by atoms with Gasteiger partial charge in [-0.15, -0.1) is 11.6 Å². The summed E-state index contributed by atoms with van der Waals surface area (Å²) in [4.78, 5) is 186. The first-order valence-electron chi connectivity index (χ1n) is 37.0. The molecule has 30 heteroatoms. The number of aliphatic hydroxyl groups is 1. The van der Waals surface area contributed by atoms with E-state index in [0.717, 1.165) is 38.9 Å². The summed E-state index contributed by atoms with van der Waals surface area (Å²) in [5, 5.41) is 21.8. The predicted octanol–water partition coefficient (Wildman–Crippen LogP) is 4.84. The molecule has 9 atom stereocenters. The van der Waals surface area contributed by atoms with Crippen molar-refractivity contribution < 1.29 is 80.5 Å². The number of alkyl halides is 4. The second kappa shape index (κ2) is 39.7. The molecule has 12 amide bonds. The molecule has 5 N–H and O–H groups in total. The van der Waals surface area contributed by atoms with Gasteiger partial charge in [0.2, 0.25) is 70.9 Å². The van der Waals surface area contributed by atoms with E-state index in [1.807, 2.05) is 13.8 Å². The molecule has 102 heavy (non-hydrogen) atoms. The van der Waals surface area contributed by atoms with E-state index in [9.17, 15) is 56.6 Å². The van der Waals surface area contributed by atoms with Crippen LogP contribution in [0, 0.1) is 35.5 Å². The van der Waals surface area contributed by atoms with E-state index in [0.29, 0.717) is 70.9 Å². The van der Waals surface area contributed by atoms with Crippen LogP contribution in [0.25, 0.3) is 0 Å². The lowest BCUT2D eigenvalue weighted by molar-refractivity contribution is -0.184. The SMILES string of the molecule is CC[C@H](C)[C@@H]1NC(=O)[C@H](C)N(C)C(=O)C[C@@H](C(=O)N2CCCC2)NC(=O)[C@H](CC(C)C)N(C)C(=O)[C@H](CC2CCCCC2)N(C)C(=O)[C@H](COCC(C)(C)O)NC(=O)[C@H](CCC2CCC(C(F)(F)F)CC2)NC(=O)CN(C)C(=O)[C@H](CC2CCC(Cl)CC2)N(C)C(=O)CN(C)C(=O)CN(C)C1=O. The Morgan fingerprint density at radius 2 is 1.12 bits per heavy atom. The van der Waals surface area contributed by atoms with Gasteiger partial charge in [-0.1, -0.05) is 66.2 Å². The highest BCUT2D eigenvalue weighted by Crippen LogP contribution is 2.41. The molecule has 5 fully saturated rings. The highest BCUT2D eigenvalue weighted by atomic mass is 35.5. The minimum absolute atomic E-state index is 0.0467. The zero-order valence-corrected chi connectivity index (χ0v) is 63.8. The average Bonchev–Trinajstić information content (AvgIpc) is 0.987. The Bertz CT molecular complexity index is 2860. The van der Waals surface area contributed by atoms with Crippen molar-refractivity contribution in [3.63, 3.8) is 0 Å². The van der Waals surface area contributed by atoms with E-state index in [2.05, 4.69) is 21.3 Å². The number of hydrogen-bond acceptors (Lipinski definition) is 14. The summed E-state index contributed by atoms with van der Waals surface area (Å²) in [6.45, 7) is 9.57. The number of nitrogens with zero attached hydrogens (tertiary/aromatic N) is 8. The maximum absolute atomic E-state index is 15.6. The smallest absolute Gasteiger partial charge is 0.388 e. The Morgan fingerprint density at radius 1 is 0.569 bits per heavy atom. The third-order valence-corrected chi connectivity index (χ3v) is 22.1. The number of halogens is 4. The Kier molecular flexibility index (Phi) is 33.6. The molecule has 0 unspecified atom stereocenters. The zero-order valence-electron chi connectivity index (χ0n) is 63.0. The van der Waals surface area contributed by atoms with E-state index in [4.69, 9.17) is 16.3 Å². The normalized spacial score (nSPS) is 29.3. The summed E-state index contributed by atoms with van der Waals surface area (Å²) in [6.07, 6.45) is 3.72.